The summed E-state index contributed by atoms with van der Waals surface area (Å²) in [6, 6.07) is 16.4. The van der Waals surface area contributed by atoms with E-state index in [0.29, 0.717) is 6.79 Å². The van der Waals surface area contributed by atoms with E-state index in [1.54, 1.807) is 0 Å². The van der Waals surface area contributed by atoms with Gasteiger partial charge in [-0.05, 0) is 73.6 Å². The van der Waals surface area contributed by atoms with E-state index in [1.165, 1.54) is 36.1 Å². The van der Waals surface area contributed by atoms with Crippen molar-refractivity contribution in [2.75, 3.05) is 25.2 Å². The molecule has 1 aliphatic carbocycles. The highest BCUT2D eigenvalue weighted by molar-refractivity contribution is 7.81. The van der Waals surface area contributed by atoms with Crippen LogP contribution in [-0.2, 0) is 0 Å². The summed E-state index contributed by atoms with van der Waals surface area (Å²) >= 11 is 5.87. The lowest BCUT2D eigenvalue weighted by atomic mass is 10.0. The molecular formula is C25H26N2O2S. The lowest BCUT2D eigenvalue weighted by molar-refractivity contribution is 0.174. The molecule has 5 heteroatoms. The molecule has 0 spiro atoms. The zero-order valence-corrected chi connectivity index (χ0v) is 17.8. The molecular weight excluding hydrogens is 392 g/mol. The summed E-state index contributed by atoms with van der Waals surface area (Å²) in [6.45, 7) is 2.51. The molecule has 2 aromatic carbocycles. The highest BCUT2D eigenvalue weighted by atomic mass is 32.1. The minimum absolute atomic E-state index is 0.303. The van der Waals surface area contributed by atoms with Gasteiger partial charge in [0.15, 0.2) is 11.5 Å². The van der Waals surface area contributed by atoms with Gasteiger partial charge in [0.25, 0.3) is 0 Å². The van der Waals surface area contributed by atoms with E-state index in [0.717, 1.165) is 53.7 Å². The van der Waals surface area contributed by atoms with E-state index in [2.05, 4.69) is 40.6 Å². The maximum Gasteiger partial charge on any atom is 0.231 e. The standard InChI is InChI=1S/C25H26N2O2S/c30-25(26-20-7-3-1-4-8-20)21-11-10-19(24(21)27-13-5-2-6-14-27)15-18-9-12-22-23(16-18)29-17-28-22/h1,3-4,7-9,12,15-16H,2,5-6,10-11,13-14,17H2,(H,26,30)/b19-15+. The van der Waals surface area contributed by atoms with E-state index in [4.69, 9.17) is 21.7 Å². The van der Waals surface area contributed by atoms with Gasteiger partial charge in [-0.2, -0.15) is 0 Å². The van der Waals surface area contributed by atoms with E-state index in [9.17, 15) is 0 Å². The summed E-state index contributed by atoms with van der Waals surface area (Å²) in [6.07, 6.45) is 8.07. The number of allylic oxidation sites excluding steroid dienone is 1. The van der Waals surface area contributed by atoms with Crippen LogP contribution >= 0.6 is 12.2 Å². The molecule has 3 aliphatic rings. The second-order valence-corrected chi connectivity index (χ2v) is 8.39. The molecule has 1 N–H and O–H groups in total. The van der Waals surface area contributed by atoms with Crippen LogP contribution in [0.5, 0.6) is 11.5 Å². The Labute approximate surface area is 183 Å². The minimum Gasteiger partial charge on any atom is -0.454 e. The lowest BCUT2D eigenvalue weighted by Crippen LogP contribution is -2.31. The van der Waals surface area contributed by atoms with Gasteiger partial charge < -0.3 is 19.7 Å². The van der Waals surface area contributed by atoms with Gasteiger partial charge in [-0.25, -0.2) is 0 Å². The molecule has 0 radical (unpaired) electrons. The van der Waals surface area contributed by atoms with E-state index >= 15 is 0 Å². The first-order valence-corrected chi connectivity index (χ1v) is 11.1. The van der Waals surface area contributed by atoms with Gasteiger partial charge in [0.1, 0.15) is 4.99 Å². The molecule has 0 aromatic heterocycles. The third kappa shape index (κ3) is 3.94. The van der Waals surface area contributed by atoms with Crippen LogP contribution in [0, 0.1) is 0 Å². The molecule has 0 amide bonds. The number of rotatable bonds is 4. The van der Waals surface area contributed by atoms with Crippen molar-refractivity contribution >= 4 is 29.0 Å². The summed E-state index contributed by atoms with van der Waals surface area (Å²) in [5, 5.41) is 3.45. The van der Waals surface area contributed by atoms with Crippen LogP contribution < -0.4 is 14.8 Å². The number of benzene rings is 2. The minimum atomic E-state index is 0.303. The van der Waals surface area contributed by atoms with Crippen molar-refractivity contribution in [3.63, 3.8) is 0 Å². The molecule has 0 saturated carbocycles. The number of thiocarbonyl (C=S) groups is 1. The van der Waals surface area contributed by atoms with E-state index < -0.39 is 0 Å². The molecule has 2 aromatic rings. The van der Waals surface area contributed by atoms with Gasteiger partial charge in [-0.3, -0.25) is 0 Å². The molecule has 0 unspecified atom stereocenters. The number of anilines is 1. The van der Waals surface area contributed by atoms with Crippen molar-refractivity contribution in [2.45, 2.75) is 32.1 Å². The van der Waals surface area contributed by atoms with Crippen LogP contribution in [0.4, 0.5) is 5.69 Å². The Morgan fingerprint density at radius 3 is 2.57 bits per heavy atom. The summed E-state index contributed by atoms with van der Waals surface area (Å²) in [5.41, 5.74) is 6.15. The SMILES string of the molecule is S=C(Nc1ccccc1)C1=C(N2CCCCC2)/C(=C/c2ccc3c(c2)OCO3)CC1. The molecule has 5 rings (SSSR count). The fourth-order valence-corrected chi connectivity index (χ4v) is 4.81. The normalized spacial score (nSPS) is 19.5. The Balaban J connectivity index is 1.48. The summed E-state index contributed by atoms with van der Waals surface area (Å²) in [4.78, 5) is 3.39. The van der Waals surface area contributed by atoms with Crippen molar-refractivity contribution in [1.82, 2.24) is 4.90 Å². The van der Waals surface area contributed by atoms with Crippen LogP contribution in [0.25, 0.3) is 6.08 Å². The average molecular weight is 419 g/mol. The third-order valence-corrected chi connectivity index (χ3v) is 6.30. The molecule has 1 saturated heterocycles. The van der Waals surface area contributed by atoms with Crippen LogP contribution in [0.2, 0.25) is 0 Å². The van der Waals surface area contributed by atoms with Crippen LogP contribution in [-0.4, -0.2) is 29.8 Å². The van der Waals surface area contributed by atoms with Gasteiger partial charge in [0.05, 0.1) is 0 Å². The van der Waals surface area contributed by atoms with Gasteiger partial charge in [0.2, 0.25) is 6.79 Å². The Morgan fingerprint density at radius 1 is 0.933 bits per heavy atom. The fourth-order valence-electron chi connectivity index (χ4n) is 4.50. The van der Waals surface area contributed by atoms with Crippen molar-refractivity contribution in [3.8, 4) is 11.5 Å². The van der Waals surface area contributed by atoms with Gasteiger partial charge in [-0.1, -0.05) is 36.5 Å². The van der Waals surface area contributed by atoms with Gasteiger partial charge >= 0.3 is 0 Å². The van der Waals surface area contributed by atoms with E-state index in [-0.39, 0.29) is 0 Å². The quantitative estimate of drug-likeness (QED) is 0.637. The number of nitrogens with one attached hydrogen (secondary N) is 1. The molecule has 2 heterocycles. The first kappa shape index (κ1) is 19.2. The predicted octanol–water partition coefficient (Wildman–Crippen LogP) is 5.77. The summed E-state index contributed by atoms with van der Waals surface area (Å²) < 4.78 is 11.0. The van der Waals surface area contributed by atoms with Crippen molar-refractivity contribution < 1.29 is 9.47 Å². The predicted molar refractivity (Wildman–Crippen MR) is 125 cm³/mol. The van der Waals surface area contributed by atoms with Gasteiger partial charge in [0, 0.05) is 30.0 Å². The van der Waals surface area contributed by atoms with Crippen molar-refractivity contribution in [2.24, 2.45) is 0 Å². The van der Waals surface area contributed by atoms with E-state index in [1.807, 2.05) is 24.3 Å². The Hall–Kier alpha value is -2.79. The van der Waals surface area contributed by atoms with Crippen LogP contribution in [0.15, 0.2) is 65.4 Å². The van der Waals surface area contributed by atoms with Crippen molar-refractivity contribution in [1.29, 1.82) is 0 Å². The molecule has 0 bridgehead atoms. The lowest BCUT2D eigenvalue weighted by Gasteiger charge is -2.32. The molecule has 154 valence electrons. The number of likely N-dealkylation sites (tertiary alicyclic amines) is 1. The zero-order valence-electron chi connectivity index (χ0n) is 17.0. The summed E-state index contributed by atoms with van der Waals surface area (Å²) in [5.74, 6) is 1.65. The monoisotopic (exact) mass is 418 g/mol. The molecule has 1 fully saturated rings. The summed E-state index contributed by atoms with van der Waals surface area (Å²) in [7, 11) is 0. The smallest absolute Gasteiger partial charge is 0.231 e. The topological polar surface area (TPSA) is 33.7 Å². The first-order valence-electron chi connectivity index (χ1n) is 10.7. The molecule has 2 aliphatic heterocycles. The number of piperidine rings is 1. The Kier molecular flexibility index (Phi) is 5.45. The zero-order chi connectivity index (χ0) is 20.3. The number of hydrogen-bond acceptors (Lipinski definition) is 4. The highest BCUT2D eigenvalue weighted by Gasteiger charge is 2.28. The first-order chi connectivity index (χ1) is 14.8. The number of para-hydroxylation sites is 1. The second kappa shape index (κ2) is 8.52. The Bertz CT molecular complexity index is 1010. The van der Waals surface area contributed by atoms with Crippen LogP contribution in [0.1, 0.15) is 37.7 Å². The fraction of sp³-hybridized carbons (Fsp3) is 0.320. The van der Waals surface area contributed by atoms with Crippen LogP contribution in [0.3, 0.4) is 0 Å². The maximum absolute atomic E-state index is 5.87. The van der Waals surface area contributed by atoms with Crippen molar-refractivity contribution in [3.05, 3.63) is 70.9 Å². The number of hydrogen-bond donors (Lipinski definition) is 1. The molecule has 30 heavy (non-hydrogen) atoms. The third-order valence-electron chi connectivity index (χ3n) is 5.95. The maximum atomic E-state index is 5.87. The number of nitrogens with zero attached hydrogens (tertiary/aromatic N) is 1. The average Bonchev–Trinajstić information content (AvgIpc) is 3.42. The Morgan fingerprint density at radius 2 is 1.73 bits per heavy atom. The number of fused-ring (bicyclic) bond motifs is 1. The molecule has 0 atom stereocenters. The largest absolute Gasteiger partial charge is 0.454 e. The number of ether oxygens (including phenoxy) is 2. The highest BCUT2D eigenvalue weighted by Crippen LogP contribution is 2.39. The molecule has 4 nitrogen and oxygen atoms in total. The second-order valence-electron chi connectivity index (χ2n) is 7.98. The van der Waals surface area contributed by atoms with Gasteiger partial charge in [-0.15, -0.1) is 0 Å².